The molecule has 0 spiro atoms. The fourth-order valence-electron chi connectivity index (χ4n) is 2.23. The number of hydrogen-bond donors (Lipinski definition) is 2. The van der Waals surface area contributed by atoms with Crippen molar-refractivity contribution in [1.29, 1.82) is 0 Å². The quantitative estimate of drug-likeness (QED) is 0.603. The number of amides is 1. The molecule has 2 N–H and O–H groups in total. The van der Waals surface area contributed by atoms with E-state index < -0.39 is 20.2 Å². The summed E-state index contributed by atoms with van der Waals surface area (Å²) >= 11 is 0. The van der Waals surface area contributed by atoms with Crippen molar-refractivity contribution in [2.75, 3.05) is 0 Å². The monoisotopic (exact) mass is 301 g/mol. The van der Waals surface area contributed by atoms with Gasteiger partial charge >= 0.3 is 5.97 Å². The zero-order chi connectivity index (χ0) is 15.9. The van der Waals surface area contributed by atoms with Crippen molar-refractivity contribution in [3.05, 3.63) is 0 Å². The summed E-state index contributed by atoms with van der Waals surface area (Å²) < 4.78 is 6.22. The maximum absolute atomic E-state index is 11.8. The number of carboxylic acids is 1. The summed E-state index contributed by atoms with van der Waals surface area (Å²) in [4.78, 5) is 22.8. The topological polar surface area (TPSA) is 75.6 Å². The van der Waals surface area contributed by atoms with Crippen LogP contribution in [0.15, 0.2) is 0 Å². The molecule has 20 heavy (non-hydrogen) atoms. The molecule has 0 radical (unpaired) electrons. The SMILES string of the molecule is C[C@H](C(=O)O)[C@H]1NC(=O)[C@@H]1[C@@H](C)O[Si](C)(C)C(C)(C)C. The Morgan fingerprint density at radius 1 is 1.35 bits per heavy atom. The molecule has 0 aromatic rings. The predicted molar refractivity (Wildman–Crippen MR) is 80.0 cm³/mol. The molecule has 1 saturated heterocycles. The van der Waals surface area contributed by atoms with Crippen LogP contribution in [0.25, 0.3) is 0 Å². The standard InChI is InChI=1S/C14H27NO4Si/c1-8(13(17)18)11-10(12(16)15-11)9(2)19-20(6,7)14(3,4)5/h8-11H,1-7H3,(H,15,16)(H,17,18)/t8-,9+,10+,11+/m0/s1. The number of carboxylic acid groups (broad SMARTS) is 1. The van der Waals surface area contributed by atoms with Crippen molar-refractivity contribution >= 4 is 20.2 Å². The van der Waals surface area contributed by atoms with Crippen LogP contribution in [0.4, 0.5) is 0 Å². The summed E-state index contributed by atoms with van der Waals surface area (Å²) in [6.45, 7) is 14.2. The van der Waals surface area contributed by atoms with Gasteiger partial charge in [-0.3, -0.25) is 9.59 Å². The van der Waals surface area contributed by atoms with Gasteiger partial charge in [-0.1, -0.05) is 20.8 Å². The molecule has 6 heteroatoms. The Morgan fingerprint density at radius 3 is 2.20 bits per heavy atom. The zero-order valence-corrected chi connectivity index (χ0v) is 14.5. The lowest BCUT2D eigenvalue weighted by Crippen LogP contribution is -2.66. The lowest BCUT2D eigenvalue weighted by atomic mass is 9.79. The molecule has 4 atom stereocenters. The predicted octanol–water partition coefficient (Wildman–Crippen LogP) is 2.23. The van der Waals surface area contributed by atoms with E-state index in [1.807, 2.05) is 6.92 Å². The second-order valence-corrected chi connectivity index (χ2v) is 12.0. The van der Waals surface area contributed by atoms with Gasteiger partial charge in [0.15, 0.2) is 8.32 Å². The Labute approximate surface area is 122 Å². The van der Waals surface area contributed by atoms with E-state index in [1.165, 1.54) is 0 Å². The van der Waals surface area contributed by atoms with Crippen LogP contribution in [-0.4, -0.2) is 37.4 Å². The third kappa shape index (κ3) is 3.23. The minimum absolute atomic E-state index is 0.0649. The lowest BCUT2D eigenvalue weighted by Gasteiger charge is -2.46. The summed E-state index contributed by atoms with van der Waals surface area (Å²) in [5.41, 5.74) is 0. The molecule has 5 nitrogen and oxygen atoms in total. The normalized spacial score (nSPS) is 26.4. The number of nitrogens with one attached hydrogen (secondary N) is 1. The average Bonchev–Trinajstić information content (AvgIpc) is 2.21. The Balaban J connectivity index is 2.78. The number of aliphatic carboxylic acids is 1. The van der Waals surface area contributed by atoms with Crippen molar-refractivity contribution in [1.82, 2.24) is 5.32 Å². The third-order valence-corrected chi connectivity index (χ3v) is 9.29. The number of carbonyl (C=O) groups is 2. The first-order chi connectivity index (χ1) is 8.88. The number of rotatable bonds is 5. The van der Waals surface area contributed by atoms with E-state index in [1.54, 1.807) is 6.92 Å². The lowest BCUT2D eigenvalue weighted by molar-refractivity contribution is -0.151. The van der Waals surface area contributed by atoms with Crippen LogP contribution >= 0.6 is 0 Å². The first kappa shape index (κ1) is 17.2. The second-order valence-electron chi connectivity index (χ2n) is 7.27. The summed E-state index contributed by atoms with van der Waals surface area (Å²) in [6, 6.07) is -0.334. The van der Waals surface area contributed by atoms with Crippen molar-refractivity contribution in [2.45, 2.75) is 64.9 Å². The van der Waals surface area contributed by atoms with Gasteiger partial charge in [0.1, 0.15) is 0 Å². The molecule has 1 fully saturated rings. The van der Waals surface area contributed by atoms with Gasteiger partial charge in [0.05, 0.1) is 24.0 Å². The first-order valence-electron chi connectivity index (χ1n) is 7.09. The minimum Gasteiger partial charge on any atom is -0.481 e. The molecule has 0 unspecified atom stereocenters. The van der Waals surface area contributed by atoms with E-state index in [0.717, 1.165) is 0 Å². The van der Waals surface area contributed by atoms with Crippen molar-refractivity contribution < 1.29 is 19.1 Å². The van der Waals surface area contributed by atoms with Crippen LogP contribution in [-0.2, 0) is 14.0 Å². The summed E-state index contributed by atoms with van der Waals surface area (Å²) in [7, 11) is -1.96. The molecule has 0 aromatic carbocycles. The zero-order valence-electron chi connectivity index (χ0n) is 13.5. The smallest absolute Gasteiger partial charge is 0.308 e. The van der Waals surface area contributed by atoms with Crippen LogP contribution in [0.3, 0.4) is 0 Å². The average molecular weight is 301 g/mol. The third-order valence-electron chi connectivity index (χ3n) is 4.72. The Bertz CT molecular complexity index is 402. The molecule has 0 saturated carbocycles. The van der Waals surface area contributed by atoms with E-state index in [-0.39, 0.29) is 29.0 Å². The second kappa shape index (κ2) is 5.48. The number of hydrogen-bond acceptors (Lipinski definition) is 3. The van der Waals surface area contributed by atoms with Gasteiger partial charge in [0.2, 0.25) is 5.91 Å². The van der Waals surface area contributed by atoms with Crippen LogP contribution in [0, 0.1) is 11.8 Å². The van der Waals surface area contributed by atoms with Crippen LogP contribution in [0.1, 0.15) is 34.6 Å². The highest BCUT2D eigenvalue weighted by Crippen LogP contribution is 2.39. The highest BCUT2D eigenvalue weighted by atomic mass is 28.4. The Hall–Kier alpha value is -0.883. The van der Waals surface area contributed by atoms with Gasteiger partial charge in [-0.05, 0) is 32.0 Å². The fraction of sp³-hybridized carbons (Fsp3) is 0.857. The first-order valence-corrected chi connectivity index (χ1v) is 10.0. The largest absolute Gasteiger partial charge is 0.481 e. The molecule has 1 aliphatic heterocycles. The number of β-lactam (4-membered cyclic amide) rings is 1. The molecule has 116 valence electrons. The molecular formula is C14H27NO4Si. The summed E-state index contributed by atoms with van der Waals surface area (Å²) in [5, 5.41) is 11.8. The molecule has 0 aromatic heterocycles. The van der Waals surface area contributed by atoms with Crippen molar-refractivity contribution in [3.63, 3.8) is 0 Å². The van der Waals surface area contributed by atoms with E-state index in [0.29, 0.717) is 0 Å². The maximum atomic E-state index is 11.8. The van der Waals surface area contributed by atoms with Crippen LogP contribution < -0.4 is 5.32 Å². The number of carbonyl (C=O) groups excluding carboxylic acids is 1. The van der Waals surface area contributed by atoms with Crippen molar-refractivity contribution in [3.8, 4) is 0 Å². The van der Waals surface area contributed by atoms with Crippen molar-refractivity contribution in [2.24, 2.45) is 11.8 Å². The summed E-state index contributed by atoms with van der Waals surface area (Å²) in [6.07, 6.45) is -0.253. The fourth-order valence-corrected chi connectivity index (χ4v) is 3.66. The molecule has 1 heterocycles. The van der Waals surface area contributed by atoms with E-state index in [4.69, 9.17) is 9.53 Å². The molecule has 1 amide bonds. The Morgan fingerprint density at radius 2 is 1.85 bits per heavy atom. The molecule has 0 bridgehead atoms. The maximum Gasteiger partial charge on any atom is 0.308 e. The highest BCUT2D eigenvalue weighted by Gasteiger charge is 2.50. The molecular weight excluding hydrogens is 274 g/mol. The Kier molecular flexibility index (Phi) is 4.71. The van der Waals surface area contributed by atoms with Crippen LogP contribution in [0.5, 0.6) is 0 Å². The van der Waals surface area contributed by atoms with Crippen LogP contribution in [0.2, 0.25) is 18.1 Å². The van der Waals surface area contributed by atoms with Gasteiger partial charge in [0, 0.05) is 0 Å². The minimum atomic E-state index is -1.96. The van der Waals surface area contributed by atoms with E-state index in [9.17, 15) is 9.59 Å². The summed E-state index contributed by atoms with van der Waals surface area (Å²) in [5.74, 6) is -1.95. The van der Waals surface area contributed by atoms with E-state index in [2.05, 4.69) is 39.2 Å². The van der Waals surface area contributed by atoms with Gasteiger partial charge in [-0.2, -0.15) is 0 Å². The van der Waals surface area contributed by atoms with Gasteiger partial charge in [-0.15, -0.1) is 0 Å². The van der Waals surface area contributed by atoms with Gasteiger partial charge < -0.3 is 14.8 Å². The van der Waals surface area contributed by atoms with Gasteiger partial charge in [-0.25, -0.2) is 0 Å². The highest BCUT2D eigenvalue weighted by molar-refractivity contribution is 6.74. The van der Waals surface area contributed by atoms with E-state index >= 15 is 0 Å². The molecule has 0 aliphatic carbocycles. The molecule has 1 rings (SSSR count). The van der Waals surface area contributed by atoms with Gasteiger partial charge in [0.25, 0.3) is 0 Å². The molecule has 1 aliphatic rings.